The van der Waals surface area contributed by atoms with Gasteiger partial charge < -0.3 is 24.8 Å². The average Bonchev–Trinajstić information content (AvgIpc) is 3.17. The van der Waals surface area contributed by atoms with Gasteiger partial charge in [0.25, 0.3) is 0 Å². The maximum absolute atomic E-state index is 3.49. The van der Waals surface area contributed by atoms with E-state index in [0.29, 0.717) is 0 Å². The molecule has 0 aromatic carbocycles. The molecule has 0 saturated carbocycles. The molecule has 0 nitrogen and oxygen atoms in total. The van der Waals surface area contributed by atoms with E-state index in [0.717, 1.165) is 12.8 Å². The summed E-state index contributed by atoms with van der Waals surface area (Å²) < 4.78 is 0. The molecule has 0 radical (unpaired) electrons. The minimum absolute atomic E-state index is 0. The molecule has 0 saturated heterocycles. The van der Waals surface area contributed by atoms with E-state index in [1.54, 1.807) is 11.1 Å². The first-order valence-electron chi connectivity index (χ1n) is 9.28. The van der Waals surface area contributed by atoms with Crippen LogP contribution < -0.4 is 24.8 Å². The fraction of sp³-hybridized carbons (Fsp3) is 0.636. The van der Waals surface area contributed by atoms with Crippen molar-refractivity contribution in [3.05, 3.63) is 45.6 Å². The van der Waals surface area contributed by atoms with Crippen LogP contribution in [0.2, 0.25) is 0 Å². The van der Waals surface area contributed by atoms with Gasteiger partial charge in [0.2, 0.25) is 0 Å². The molecule has 3 heteroatoms. The zero-order valence-corrected chi connectivity index (χ0v) is 22.0. The molecule has 0 aliphatic heterocycles. The van der Waals surface area contributed by atoms with Crippen molar-refractivity contribution in [2.45, 2.75) is 92.9 Å². The van der Waals surface area contributed by atoms with Crippen molar-refractivity contribution in [3.8, 4) is 0 Å². The monoisotopic (exact) mass is 548 g/mol. The van der Waals surface area contributed by atoms with Crippen molar-refractivity contribution in [1.82, 2.24) is 0 Å². The molecule has 140 valence electrons. The minimum Gasteiger partial charge on any atom is -1.00 e. The van der Waals surface area contributed by atoms with Crippen LogP contribution in [0.4, 0.5) is 0 Å². The Labute approximate surface area is 188 Å². The van der Waals surface area contributed by atoms with Crippen molar-refractivity contribution in [2.24, 2.45) is 0 Å². The summed E-state index contributed by atoms with van der Waals surface area (Å²) >= 11 is 0. The van der Waals surface area contributed by atoms with Crippen molar-refractivity contribution < 1.29 is 50.7 Å². The zero-order chi connectivity index (χ0) is 16.5. The molecule has 2 rings (SSSR count). The predicted molar refractivity (Wildman–Crippen MR) is 98.5 cm³/mol. The van der Waals surface area contributed by atoms with Crippen LogP contribution in [0.5, 0.6) is 0 Å². The molecular formula is C22H34Cl2Hf. The number of halogens is 2. The van der Waals surface area contributed by atoms with Crippen molar-refractivity contribution >= 4 is 0 Å². The maximum Gasteiger partial charge on any atom is 4.00 e. The zero-order valence-electron chi connectivity index (χ0n) is 16.9. The Hall–Kier alpha value is 0.410. The van der Waals surface area contributed by atoms with Gasteiger partial charge in [0.1, 0.15) is 0 Å². The Balaban J connectivity index is -0.000000346. The second-order valence-corrected chi connectivity index (χ2v) is 6.10. The summed E-state index contributed by atoms with van der Waals surface area (Å²) in [5.41, 5.74) is 9.18. The molecule has 0 aromatic rings. The summed E-state index contributed by atoms with van der Waals surface area (Å²) in [6.07, 6.45) is 16.5. The molecule has 0 fully saturated rings. The topological polar surface area (TPSA) is 0 Å². The summed E-state index contributed by atoms with van der Waals surface area (Å²) in [6, 6.07) is 0. The van der Waals surface area contributed by atoms with Crippen LogP contribution >= 0.6 is 0 Å². The Bertz CT molecular complexity index is 450. The molecule has 0 atom stereocenters. The van der Waals surface area contributed by atoms with Gasteiger partial charge in [-0.15, -0.1) is 12.8 Å². The first-order valence-corrected chi connectivity index (χ1v) is 9.28. The predicted octanol–water partition coefficient (Wildman–Crippen LogP) is 1.30. The summed E-state index contributed by atoms with van der Waals surface area (Å²) in [6.45, 7) is 13.4. The summed E-state index contributed by atoms with van der Waals surface area (Å²) in [5.74, 6) is 0. The molecule has 0 unspecified atom stereocenters. The first-order chi connectivity index (χ1) is 10.6. The van der Waals surface area contributed by atoms with Crippen LogP contribution in [0.15, 0.2) is 33.4 Å². The molecule has 2 aliphatic rings. The summed E-state index contributed by atoms with van der Waals surface area (Å²) in [7, 11) is 0. The Morgan fingerprint density at radius 2 is 0.880 bits per heavy atom. The second-order valence-electron chi connectivity index (χ2n) is 6.10. The van der Waals surface area contributed by atoms with Crippen molar-refractivity contribution in [2.75, 3.05) is 0 Å². The number of rotatable bonds is 6. The van der Waals surface area contributed by atoms with Crippen LogP contribution in [0.3, 0.4) is 0 Å². The van der Waals surface area contributed by atoms with Gasteiger partial charge in [-0.3, -0.25) is 0 Å². The standard InChI is InChI=1S/2C11H17.2ClH.Hf/c2*1-4-9-7-10(5-2)11(6-3)8-9;;;/h2*4-7H2,1-3H3;2*1H;/q2*-1;;;+4/p-2. The summed E-state index contributed by atoms with van der Waals surface area (Å²) in [4.78, 5) is 0. The number of allylic oxidation sites excluding steroid dienone is 8. The van der Waals surface area contributed by atoms with Crippen LogP contribution in [-0.4, -0.2) is 0 Å². The van der Waals surface area contributed by atoms with Crippen LogP contribution in [0.25, 0.3) is 0 Å². The van der Waals surface area contributed by atoms with Crippen molar-refractivity contribution in [1.29, 1.82) is 0 Å². The molecule has 0 amide bonds. The van der Waals surface area contributed by atoms with Gasteiger partial charge in [0.05, 0.1) is 0 Å². The molecule has 2 aliphatic carbocycles. The van der Waals surface area contributed by atoms with Gasteiger partial charge in [-0.1, -0.05) is 80.1 Å². The van der Waals surface area contributed by atoms with Crippen LogP contribution in [0.1, 0.15) is 92.9 Å². The molecule has 25 heavy (non-hydrogen) atoms. The maximum atomic E-state index is 3.49. The van der Waals surface area contributed by atoms with E-state index in [-0.39, 0.29) is 50.7 Å². The SMILES string of the molecule is CCC1=[C-]C(CC)=C(CC)C1.CCC1=[C-]C(CC)=C(CC)C1.[Cl-].[Cl-].[Hf+4]. The largest absolute Gasteiger partial charge is 4.00 e. The minimum atomic E-state index is 0. The normalized spacial score (nSPS) is 15.4. The molecule has 0 bridgehead atoms. The fourth-order valence-corrected chi connectivity index (χ4v) is 3.20. The first kappa shape index (κ1) is 30.1. The Kier molecular flexibility index (Phi) is 20.0. The van der Waals surface area contributed by atoms with Gasteiger partial charge >= 0.3 is 25.8 Å². The van der Waals surface area contributed by atoms with E-state index in [1.165, 1.54) is 60.8 Å². The third-order valence-electron chi connectivity index (χ3n) is 4.78. The smallest absolute Gasteiger partial charge is 1.00 e. The quantitative estimate of drug-likeness (QED) is 0.348. The van der Waals surface area contributed by atoms with Crippen LogP contribution in [-0.2, 0) is 25.8 Å². The van der Waals surface area contributed by atoms with E-state index >= 15 is 0 Å². The summed E-state index contributed by atoms with van der Waals surface area (Å²) in [5, 5.41) is 0. The molecular weight excluding hydrogens is 514 g/mol. The van der Waals surface area contributed by atoms with Crippen LogP contribution in [0, 0.1) is 12.2 Å². The van der Waals surface area contributed by atoms with E-state index in [1.807, 2.05) is 0 Å². The van der Waals surface area contributed by atoms with Gasteiger partial charge in [0, 0.05) is 0 Å². The van der Waals surface area contributed by atoms with Gasteiger partial charge in [0.15, 0.2) is 0 Å². The van der Waals surface area contributed by atoms with Gasteiger partial charge in [-0.05, 0) is 0 Å². The van der Waals surface area contributed by atoms with E-state index in [2.05, 4.69) is 53.7 Å². The molecule has 0 spiro atoms. The van der Waals surface area contributed by atoms with Gasteiger partial charge in [-0.25, -0.2) is 34.4 Å². The number of hydrogen-bond donors (Lipinski definition) is 0. The third kappa shape index (κ3) is 9.25. The van der Waals surface area contributed by atoms with E-state index < -0.39 is 0 Å². The Morgan fingerprint density at radius 1 is 0.560 bits per heavy atom. The molecule has 0 heterocycles. The average molecular weight is 548 g/mol. The van der Waals surface area contributed by atoms with E-state index in [4.69, 9.17) is 0 Å². The van der Waals surface area contributed by atoms with Crippen molar-refractivity contribution in [3.63, 3.8) is 0 Å². The van der Waals surface area contributed by atoms with E-state index in [9.17, 15) is 0 Å². The molecule has 0 N–H and O–H groups in total. The number of hydrogen-bond acceptors (Lipinski definition) is 0. The van der Waals surface area contributed by atoms with Gasteiger partial charge in [-0.2, -0.15) is 11.1 Å². The third-order valence-corrected chi connectivity index (χ3v) is 4.78. The molecule has 0 aromatic heterocycles. The Morgan fingerprint density at radius 3 is 1.04 bits per heavy atom. The second kappa shape index (κ2) is 16.6. The fourth-order valence-electron chi connectivity index (χ4n) is 3.20.